The number of aliphatic hydroxyl groups is 1. The highest BCUT2D eigenvalue weighted by Crippen LogP contribution is 2.25. The van der Waals surface area contributed by atoms with Crippen LogP contribution in [0.5, 0.6) is 0 Å². The van der Waals surface area contributed by atoms with E-state index in [1.165, 1.54) is 11.9 Å². The highest BCUT2D eigenvalue weighted by Gasteiger charge is 2.25. The number of aryl methyl sites for hydroxylation is 1. The van der Waals surface area contributed by atoms with Crippen molar-refractivity contribution < 1.29 is 5.11 Å². The average molecular weight is 262 g/mol. The van der Waals surface area contributed by atoms with Crippen LogP contribution in [0.15, 0.2) is 12.5 Å². The first-order chi connectivity index (χ1) is 8.95. The summed E-state index contributed by atoms with van der Waals surface area (Å²) in [4.78, 5) is 11.7. The molecule has 0 aliphatic rings. The van der Waals surface area contributed by atoms with Gasteiger partial charge in [0, 0.05) is 12.7 Å². The predicted molar refractivity (Wildman–Crippen MR) is 77.2 cm³/mol. The van der Waals surface area contributed by atoms with E-state index in [1.54, 1.807) is 0 Å². The molecule has 2 heterocycles. The molecule has 0 bridgehead atoms. The molecule has 19 heavy (non-hydrogen) atoms. The molecule has 0 saturated heterocycles. The fraction of sp³-hybridized carbons (Fsp3) is 0.571. The summed E-state index contributed by atoms with van der Waals surface area (Å²) in [7, 11) is 0. The van der Waals surface area contributed by atoms with Crippen molar-refractivity contribution >= 4 is 16.9 Å². The second-order valence-electron chi connectivity index (χ2n) is 5.48. The lowest BCUT2D eigenvalue weighted by Crippen LogP contribution is -2.38. The first-order valence-corrected chi connectivity index (χ1v) is 6.73. The second kappa shape index (κ2) is 5.17. The molecule has 1 unspecified atom stereocenters. The van der Waals surface area contributed by atoms with Gasteiger partial charge in [-0.25, -0.2) is 9.97 Å². The molecule has 2 rings (SSSR count). The molecule has 0 saturated carbocycles. The van der Waals surface area contributed by atoms with Crippen LogP contribution in [0, 0.1) is 5.92 Å². The van der Waals surface area contributed by atoms with Crippen LogP contribution in [0.1, 0.15) is 33.3 Å². The summed E-state index contributed by atoms with van der Waals surface area (Å²) in [6, 6.07) is 0. The van der Waals surface area contributed by atoms with Crippen LogP contribution in [-0.4, -0.2) is 32.2 Å². The van der Waals surface area contributed by atoms with E-state index in [0.29, 0.717) is 6.54 Å². The number of nitrogens with zero attached hydrogens (tertiary/aromatic N) is 2. The summed E-state index contributed by atoms with van der Waals surface area (Å²) in [5.74, 6) is 0.957. The van der Waals surface area contributed by atoms with E-state index in [1.807, 2.05) is 27.0 Å². The summed E-state index contributed by atoms with van der Waals surface area (Å²) in [5, 5.41) is 14.6. The van der Waals surface area contributed by atoms with Gasteiger partial charge in [-0.15, -0.1) is 0 Å². The molecule has 0 radical (unpaired) electrons. The largest absolute Gasteiger partial charge is 0.388 e. The zero-order valence-corrected chi connectivity index (χ0v) is 12.0. The van der Waals surface area contributed by atoms with Crippen molar-refractivity contribution in [3.05, 3.63) is 18.1 Å². The number of hydrogen-bond acceptors (Lipinski definition) is 4. The first kappa shape index (κ1) is 13.8. The third-order valence-corrected chi connectivity index (χ3v) is 3.79. The minimum atomic E-state index is -0.764. The van der Waals surface area contributed by atoms with E-state index in [4.69, 9.17) is 0 Å². The quantitative estimate of drug-likeness (QED) is 0.773. The molecule has 0 spiro atoms. The van der Waals surface area contributed by atoms with Gasteiger partial charge in [0.1, 0.15) is 17.8 Å². The number of hydrogen-bond donors (Lipinski definition) is 3. The van der Waals surface area contributed by atoms with Crippen LogP contribution in [0.2, 0.25) is 0 Å². The molecular formula is C14H22N4O. The maximum atomic E-state index is 10.3. The highest BCUT2D eigenvalue weighted by molar-refractivity contribution is 5.90. The van der Waals surface area contributed by atoms with Gasteiger partial charge >= 0.3 is 0 Å². The molecule has 3 N–H and O–H groups in total. The number of aromatic nitrogens is 3. The molecule has 0 fully saturated rings. The van der Waals surface area contributed by atoms with Gasteiger partial charge in [0.2, 0.25) is 0 Å². The number of H-pyrrole nitrogens is 1. The van der Waals surface area contributed by atoms with Crippen molar-refractivity contribution in [3.8, 4) is 0 Å². The maximum absolute atomic E-state index is 10.3. The smallest absolute Gasteiger partial charge is 0.143 e. The fourth-order valence-electron chi connectivity index (χ4n) is 1.91. The molecule has 1 atom stereocenters. The molecular weight excluding hydrogens is 240 g/mol. The molecule has 0 amide bonds. The zero-order valence-electron chi connectivity index (χ0n) is 12.0. The predicted octanol–water partition coefficient (Wildman–Crippen LogP) is 2.34. The normalized spacial score (nSPS) is 14.8. The Morgan fingerprint density at radius 2 is 2.16 bits per heavy atom. The van der Waals surface area contributed by atoms with E-state index in [2.05, 4.69) is 27.2 Å². The Morgan fingerprint density at radius 3 is 2.79 bits per heavy atom. The zero-order chi connectivity index (χ0) is 14.0. The van der Waals surface area contributed by atoms with E-state index in [9.17, 15) is 5.11 Å². The SMILES string of the molecule is CCc1c[nH]c2ncnc(NCC(C)(O)C(C)C)c12. The number of nitrogens with one attached hydrogen (secondary N) is 2. The van der Waals surface area contributed by atoms with Crippen LogP contribution in [0.4, 0.5) is 5.82 Å². The van der Waals surface area contributed by atoms with Crippen molar-refractivity contribution in [2.45, 2.75) is 39.7 Å². The minimum absolute atomic E-state index is 0.175. The monoisotopic (exact) mass is 262 g/mol. The summed E-state index contributed by atoms with van der Waals surface area (Å²) in [6.45, 7) is 8.41. The van der Waals surface area contributed by atoms with Crippen molar-refractivity contribution in [2.75, 3.05) is 11.9 Å². The molecule has 104 valence electrons. The van der Waals surface area contributed by atoms with Gasteiger partial charge < -0.3 is 15.4 Å². The Morgan fingerprint density at radius 1 is 1.42 bits per heavy atom. The van der Waals surface area contributed by atoms with E-state index < -0.39 is 5.60 Å². The minimum Gasteiger partial charge on any atom is -0.388 e. The molecule has 0 aliphatic carbocycles. The fourth-order valence-corrected chi connectivity index (χ4v) is 1.91. The van der Waals surface area contributed by atoms with Crippen LogP contribution >= 0.6 is 0 Å². The Kier molecular flexibility index (Phi) is 3.75. The molecule has 5 heteroatoms. The van der Waals surface area contributed by atoms with Gasteiger partial charge in [-0.2, -0.15) is 0 Å². The molecule has 5 nitrogen and oxygen atoms in total. The lowest BCUT2D eigenvalue weighted by Gasteiger charge is -2.28. The molecule has 2 aromatic rings. The molecule has 0 aliphatic heterocycles. The molecule has 0 aromatic carbocycles. The average Bonchev–Trinajstić information content (AvgIpc) is 2.79. The maximum Gasteiger partial charge on any atom is 0.143 e. The summed E-state index contributed by atoms with van der Waals surface area (Å²) < 4.78 is 0. The lowest BCUT2D eigenvalue weighted by atomic mass is 9.92. The third-order valence-electron chi connectivity index (χ3n) is 3.79. The number of rotatable bonds is 5. The Balaban J connectivity index is 2.28. The summed E-state index contributed by atoms with van der Waals surface area (Å²) in [5.41, 5.74) is 1.25. The first-order valence-electron chi connectivity index (χ1n) is 6.73. The van der Waals surface area contributed by atoms with Crippen LogP contribution < -0.4 is 5.32 Å². The van der Waals surface area contributed by atoms with Crippen LogP contribution in [0.3, 0.4) is 0 Å². The van der Waals surface area contributed by atoms with Crippen molar-refractivity contribution in [2.24, 2.45) is 5.92 Å². The van der Waals surface area contributed by atoms with Gasteiger partial charge in [0.25, 0.3) is 0 Å². The van der Waals surface area contributed by atoms with Gasteiger partial charge in [-0.1, -0.05) is 20.8 Å². The Hall–Kier alpha value is -1.62. The third kappa shape index (κ3) is 2.71. The van der Waals surface area contributed by atoms with Crippen molar-refractivity contribution in [1.29, 1.82) is 0 Å². The number of aromatic amines is 1. The Labute approximate surface area is 113 Å². The van der Waals surface area contributed by atoms with Gasteiger partial charge in [-0.3, -0.25) is 0 Å². The van der Waals surface area contributed by atoms with Crippen molar-refractivity contribution in [3.63, 3.8) is 0 Å². The second-order valence-corrected chi connectivity index (χ2v) is 5.48. The summed E-state index contributed by atoms with van der Waals surface area (Å²) >= 11 is 0. The van der Waals surface area contributed by atoms with Gasteiger partial charge in [0.15, 0.2) is 0 Å². The van der Waals surface area contributed by atoms with Crippen LogP contribution in [-0.2, 0) is 6.42 Å². The van der Waals surface area contributed by atoms with E-state index in [-0.39, 0.29) is 5.92 Å². The van der Waals surface area contributed by atoms with Crippen molar-refractivity contribution in [1.82, 2.24) is 15.0 Å². The lowest BCUT2D eigenvalue weighted by molar-refractivity contribution is 0.0266. The number of fused-ring (bicyclic) bond motifs is 1. The van der Waals surface area contributed by atoms with Gasteiger partial charge in [-0.05, 0) is 24.8 Å². The topological polar surface area (TPSA) is 73.8 Å². The number of anilines is 1. The van der Waals surface area contributed by atoms with E-state index in [0.717, 1.165) is 23.3 Å². The Bertz CT molecular complexity index is 560. The van der Waals surface area contributed by atoms with E-state index >= 15 is 0 Å². The van der Waals surface area contributed by atoms with Gasteiger partial charge in [0.05, 0.1) is 11.0 Å². The van der Waals surface area contributed by atoms with Crippen LogP contribution in [0.25, 0.3) is 11.0 Å². The highest BCUT2D eigenvalue weighted by atomic mass is 16.3. The molecule has 2 aromatic heterocycles. The standard InChI is InChI=1S/C14H22N4O/c1-5-10-6-15-12-11(10)13(18-8-17-12)16-7-14(4,19)9(2)3/h6,8-9,19H,5,7H2,1-4H3,(H2,15,16,17,18). The summed E-state index contributed by atoms with van der Waals surface area (Å²) in [6.07, 6.45) is 4.42.